The maximum Gasteiger partial charge on any atom is 0.286 e. The second-order valence-electron chi connectivity index (χ2n) is 4.58. The molecule has 2 aromatic rings. The number of aromatic amines is 1. The van der Waals surface area contributed by atoms with Crippen molar-refractivity contribution in [3.8, 4) is 5.75 Å². The van der Waals surface area contributed by atoms with E-state index in [-0.39, 0.29) is 12.3 Å². The number of carbonyl (C=O) groups is 2. The van der Waals surface area contributed by atoms with Crippen molar-refractivity contribution in [1.29, 1.82) is 0 Å². The van der Waals surface area contributed by atoms with Gasteiger partial charge in [0, 0.05) is 17.1 Å². The van der Waals surface area contributed by atoms with E-state index in [0.29, 0.717) is 12.1 Å². The maximum atomic E-state index is 11.7. The summed E-state index contributed by atoms with van der Waals surface area (Å²) in [5.74, 6) is 0.121. The van der Waals surface area contributed by atoms with Crippen LogP contribution in [0.15, 0.2) is 41.0 Å². The van der Waals surface area contributed by atoms with E-state index in [2.05, 4.69) is 31.8 Å². The Morgan fingerprint density at radius 3 is 2.55 bits per heavy atom. The van der Waals surface area contributed by atoms with Gasteiger partial charge >= 0.3 is 0 Å². The Morgan fingerprint density at radius 2 is 1.95 bits per heavy atom. The number of halogens is 1. The van der Waals surface area contributed by atoms with Crippen LogP contribution >= 0.6 is 15.9 Å². The van der Waals surface area contributed by atoms with Crippen LogP contribution in [0, 0.1) is 0 Å². The van der Waals surface area contributed by atoms with Crippen molar-refractivity contribution in [3.63, 3.8) is 0 Å². The number of hydrogen-bond acceptors (Lipinski definition) is 3. The molecule has 7 heteroatoms. The van der Waals surface area contributed by atoms with Gasteiger partial charge in [0.2, 0.25) is 5.91 Å². The first kappa shape index (κ1) is 16.1. The number of aromatic nitrogens is 1. The highest BCUT2D eigenvalue weighted by Gasteiger charge is 2.09. The lowest BCUT2D eigenvalue weighted by Gasteiger charge is -2.07. The van der Waals surface area contributed by atoms with Crippen molar-refractivity contribution in [3.05, 3.63) is 52.3 Å². The van der Waals surface area contributed by atoms with Crippen molar-refractivity contribution >= 4 is 27.7 Å². The van der Waals surface area contributed by atoms with Crippen LogP contribution in [0.25, 0.3) is 0 Å². The minimum Gasteiger partial charge on any atom is -0.497 e. The number of carbonyl (C=O) groups excluding carboxylic acids is 2. The van der Waals surface area contributed by atoms with Gasteiger partial charge in [0.1, 0.15) is 11.4 Å². The van der Waals surface area contributed by atoms with Crippen LogP contribution in [-0.2, 0) is 11.2 Å². The standard InChI is InChI=1S/C15H16BrN3O3/c1-22-12-5-2-10(3-6-12)4-7-14(20)18-19-15(21)13-8-11(16)9-17-13/h2-3,5-6,8-9,17H,4,7H2,1H3,(H,18,20)(H,19,21). The summed E-state index contributed by atoms with van der Waals surface area (Å²) in [6.45, 7) is 0. The summed E-state index contributed by atoms with van der Waals surface area (Å²) in [4.78, 5) is 26.2. The summed E-state index contributed by atoms with van der Waals surface area (Å²) in [6.07, 6.45) is 2.50. The molecule has 3 N–H and O–H groups in total. The second kappa shape index (κ2) is 7.65. The van der Waals surface area contributed by atoms with Crippen molar-refractivity contribution in [2.75, 3.05) is 7.11 Å². The quantitative estimate of drug-likeness (QED) is 0.710. The van der Waals surface area contributed by atoms with Gasteiger partial charge in [-0.15, -0.1) is 0 Å². The van der Waals surface area contributed by atoms with Gasteiger partial charge in [-0.3, -0.25) is 20.4 Å². The zero-order valence-electron chi connectivity index (χ0n) is 12.0. The minimum absolute atomic E-state index is 0.255. The maximum absolute atomic E-state index is 11.7. The Bertz CT molecular complexity index is 652. The van der Waals surface area contributed by atoms with Gasteiger partial charge in [0.05, 0.1) is 7.11 Å². The number of H-pyrrole nitrogens is 1. The molecule has 0 spiro atoms. The van der Waals surface area contributed by atoms with Crippen molar-refractivity contribution in [2.24, 2.45) is 0 Å². The van der Waals surface area contributed by atoms with Crippen LogP contribution in [-0.4, -0.2) is 23.9 Å². The Hall–Kier alpha value is -2.28. The van der Waals surface area contributed by atoms with Gasteiger partial charge in [0.15, 0.2) is 0 Å². The number of hydrazine groups is 1. The number of amides is 2. The molecular formula is C15H16BrN3O3. The lowest BCUT2D eigenvalue weighted by Crippen LogP contribution is -2.41. The van der Waals surface area contributed by atoms with Crippen molar-refractivity contribution < 1.29 is 14.3 Å². The lowest BCUT2D eigenvalue weighted by atomic mass is 10.1. The molecule has 1 heterocycles. The van der Waals surface area contributed by atoms with Gasteiger partial charge in [0.25, 0.3) is 5.91 Å². The molecule has 0 unspecified atom stereocenters. The van der Waals surface area contributed by atoms with E-state index in [1.54, 1.807) is 19.4 Å². The van der Waals surface area contributed by atoms with E-state index in [9.17, 15) is 9.59 Å². The number of ether oxygens (including phenoxy) is 1. The third kappa shape index (κ3) is 4.63. The molecule has 0 saturated carbocycles. The Kier molecular flexibility index (Phi) is 5.60. The van der Waals surface area contributed by atoms with Crippen LogP contribution in [0.3, 0.4) is 0 Å². The van der Waals surface area contributed by atoms with Crippen molar-refractivity contribution in [2.45, 2.75) is 12.8 Å². The number of hydrogen-bond donors (Lipinski definition) is 3. The molecule has 0 aliphatic heterocycles. The molecule has 1 aromatic carbocycles. The molecule has 0 aliphatic rings. The molecule has 2 amide bonds. The average Bonchev–Trinajstić information content (AvgIpc) is 2.97. The highest BCUT2D eigenvalue weighted by atomic mass is 79.9. The summed E-state index contributed by atoms with van der Waals surface area (Å²) in [5.41, 5.74) is 6.13. The summed E-state index contributed by atoms with van der Waals surface area (Å²) >= 11 is 3.23. The topological polar surface area (TPSA) is 83.2 Å². The largest absolute Gasteiger partial charge is 0.497 e. The predicted octanol–water partition coefficient (Wildman–Crippen LogP) is 2.18. The van der Waals surface area contributed by atoms with Crippen molar-refractivity contribution in [1.82, 2.24) is 15.8 Å². The minimum atomic E-state index is -0.400. The van der Waals surface area contributed by atoms with E-state index in [1.165, 1.54) is 0 Å². The first-order valence-corrected chi connectivity index (χ1v) is 7.44. The SMILES string of the molecule is COc1ccc(CCC(=O)NNC(=O)c2cc(Br)c[nH]2)cc1. The van der Waals surface area contributed by atoms with Crippen LogP contribution in [0.4, 0.5) is 0 Å². The zero-order chi connectivity index (χ0) is 15.9. The van der Waals surface area contributed by atoms with E-state index in [0.717, 1.165) is 15.8 Å². The molecule has 0 saturated heterocycles. The summed E-state index contributed by atoms with van der Waals surface area (Å²) < 4.78 is 5.84. The molecule has 0 aliphatic carbocycles. The van der Waals surface area contributed by atoms with E-state index in [4.69, 9.17) is 4.74 Å². The van der Waals surface area contributed by atoms with Crippen LogP contribution < -0.4 is 15.6 Å². The molecule has 116 valence electrons. The number of rotatable bonds is 5. The third-order valence-electron chi connectivity index (χ3n) is 3.01. The van der Waals surface area contributed by atoms with Gasteiger partial charge in [-0.25, -0.2) is 0 Å². The van der Waals surface area contributed by atoms with Gasteiger partial charge in [-0.05, 0) is 46.1 Å². The fourth-order valence-electron chi connectivity index (χ4n) is 1.81. The Morgan fingerprint density at radius 1 is 1.23 bits per heavy atom. The van der Waals surface area contributed by atoms with Gasteiger partial charge < -0.3 is 9.72 Å². The normalized spacial score (nSPS) is 10.1. The van der Waals surface area contributed by atoms with E-state index >= 15 is 0 Å². The number of methoxy groups -OCH3 is 1. The predicted molar refractivity (Wildman–Crippen MR) is 85.4 cm³/mol. The zero-order valence-corrected chi connectivity index (χ0v) is 13.6. The summed E-state index contributed by atoms with van der Waals surface area (Å²) in [6, 6.07) is 9.12. The van der Waals surface area contributed by atoms with Gasteiger partial charge in [-0.1, -0.05) is 12.1 Å². The van der Waals surface area contributed by atoms with Gasteiger partial charge in [-0.2, -0.15) is 0 Å². The highest BCUT2D eigenvalue weighted by Crippen LogP contribution is 2.12. The second-order valence-corrected chi connectivity index (χ2v) is 5.50. The first-order valence-electron chi connectivity index (χ1n) is 6.64. The molecule has 1 aromatic heterocycles. The molecule has 0 atom stereocenters. The van der Waals surface area contributed by atoms with E-state index < -0.39 is 5.91 Å². The smallest absolute Gasteiger partial charge is 0.286 e. The molecule has 0 radical (unpaired) electrons. The first-order chi connectivity index (χ1) is 10.6. The fraction of sp³-hybridized carbons (Fsp3) is 0.200. The van der Waals surface area contributed by atoms with Crippen LogP contribution in [0.2, 0.25) is 0 Å². The van der Waals surface area contributed by atoms with E-state index in [1.807, 2.05) is 24.3 Å². The third-order valence-corrected chi connectivity index (χ3v) is 3.47. The average molecular weight is 366 g/mol. The van der Waals surface area contributed by atoms with Crippen LogP contribution in [0.1, 0.15) is 22.5 Å². The van der Waals surface area contributed by atoms with Crippen LogP contribution in [0.5, 0.6) is 5.75 Å². The molecule has 0 fully saturated rings. The number of aryl methyl sites for hydroxylation is 1. The number of benzene rings is 1. The fourth-order valence-corrected chi connectivity index (χ4v) is 2.15. The lowest BCUT2D eigenvalue weighted by molar-refractivity contribution is -0.121. The summed E-state index contributed by atoms with van der Waals surface area (Å²) in [5, 5.41) is 0. The monoisotopic (exact) mass is 365 g/mol. The number of nitrogens with one attached hydrogen (secondary N) is 3. The molecular weight excluding hydrogens is 350 g/mol. The Balaban J connectivity index is 1.74. The molecule has 2 rings (SSSR count). The molecule has 0 bridgehead atoms. The molecule has 22 heavy (non-hydrogen) atoms. The Labute approximate surface area is 136 Å². The summed E-state index contributed by atoms with van der Waals surface area (Å²) in [7, 11) is 1.60. The highest BCUT2D eigenvalue weighted by molar-refractivity contribution is 9.10. The molecule has 6 nitrogen and oxygen atoms in total.